The Bertz CT molecular complexity index is 1060. The van der Waals surface area contributed by atoms with Crippen LogP contribution < -0.4 is 5.43 Å². The Kier molecular flexibility index (Phi) is 3.03. The summed E-state index contributed by atoms with van der Waals surface area (Å²) in [5, 5.41) is 0.0539. The molecule has 0 bridgehead atoms. The monoisotopic (exact) mass is 327 g/mol. The molecule has 0 radical (unpaired) electrons. The number of carbonyl (C=O) groups excluding carboxylic acids is 1. The van der Waals surface area contributed by atoms with Crippen molar-refractivity contribution in [3.8, 4) is 0 Å². The van der Waals surface area contributed by atoms with Gasteiger partial charge >= 0.3 is 0 Å². The maximum Gasteiger partial charge on any atom is 0.290 e. The van der Waals surface area contributed by atoms with Crippen LogP contribution in [0.5, 0.6) is 0 Å². The van der Waals surface area contributed by atoms with E-state index in [9.17, 15) is 18.4 Å². The van der Waals surface area contributed by atoms with Crippen molar-refractivity contribution in [2.45, 2.75) is 6.04 Å². The number of amides is 1. The van der Waals surface area contributed by atoms with Gasteiger partial charge in [0.05, 0.1) is 17.0 Å². The SMILES string of the molecule is CN1C(=O)c2oc3ccc(F)cc3c(=O)c2[C@H]1c1cccc(F)c1. The summed E-state index contributed by atoms with van der Waals surface area (Å²) in [6.45, 7) is 0. The first kappa shape index (κ1) is 14.6. The minimum Gasteiger partial charge on any atom is -0.450 e. The van der Waals surface area contributed by atoms with Crippen molar-refractivity contribution in [3.05, 3.63) is 81.2 Å². The normalized spacial score (nSPS) is 16.7. The third-order valence-electron chi connectivity index (χ3n) is 4.23. The number of hydrogen-bond acceptors (Lipinski definition) is 3. The molecule has 3 aromatic rings. The molecular formula is C18H11F2NO3. The second kappa shape index (κ2) is 4.99. The average Bonchev–Trinajstić information content (AvgIpc) is 2.81. The lowest BCUT2D eigenvalue weighted by Gasteiger charge is -2.20. The molecule has 0 unspecified atom stereocenters. The molecule has 0 spiro atoms. The molecule has 4 rings (SSSR count). The van der Waals surface area contributed by atoms with Gasteiger partial charge in [-0.1, -0.05) is 12.1 Å². The zero-order valence-corrected chi connectivity index (χ0v) is 12.5. The molecule has 0 N–H and O–H groups in total. The number of fused-ring (bicyclic) bond motifs is 2. The summed E-state index contributed by atoms with van der Waals surface area (Å²) < 4.78 is 32.6. The molecule has 1 atom stereocenters. The highest BCUT2D eigenvalue weighted by Crippen LogP contribution is 2.37. The summed E-state index contributed by atoms with van der Waals surface area (Å²) in [5.74, 6) is -1.61. The molecule has 1 aliphatic heterocycles. The fourth-order valence-corrected chi connectivity index (χ4v) is 3.13. The standard InChI is InChI=1S/C18H11F2NO3/c1-21-15(9-3-2-4-10(19)7-9)14-16(22)12-8-11(20)5-6-13(12)24-17(14)18(21)23/h2-8,15H,1H3/t15-/m1/s1. The zero-order valence-electron chi connectivity index (χ0n) is 12.5. The number of carbonyl (C=O) groups is 1. The lowest BCUT2D eigenvalue weighted by molar-refractivity contribution is 0.0771. The van der Waals surface area contributed by atoms with Crippen LogP contribution in [0.4, 0.5) is 8.78 Å². The molecule has 120 valence electrons. The van der Waals surface area contributed by atoms with E-state index in [0.29, 0.717) is 5.56 Å². The van der Waals surface area contributed by atoms with E-state index in [2.05, 4.69) is 0 Å². The first-order valence-electron chi connectivity index (χ1n) is 7.26. The average molecular weight is 327 g/mol. The van der Waals surface area contributed by atoms with Gasteiger partial charge in [0.1, 0.15) is 17.2 Å². The van der Waals surface area contributed by atoms with Crippen molar-refractivity contribution in [2.75, 3.05) is 7.05 Å². The van der Waals surface area contributed by atoms with E-state index in [1.54, 1.807) is 6.07 Å². The molecule has 2 aromatic carbocycles. The summed E-state index contributed by atoms with van der Waals surface area (Å²) in [6, 6.07) is 8.45. The summed E-state index contributed by atoms with van der Waals surface area (Å²) >= 11 is 0. The van der Waals surface area contributed by atoms with E-state index in [4.69, 9.17) is 4.42 Å². The zero-order chi connectivity index (χ0) is 17.0. The van der Waals surface area contributed by atoms with Crippen molar-refractivity contribution < 1.29 is 18.0 Å². The van der Waals surface area contributed by atoms with Gasteiger partial charge in [0.2, 0.25) is 5.76 Å². The van der Waals surface area contributed by atoms with Crippen LogP contribution in [0.15, 0.2) is 51.7 Å². The Morgan fingerprint density at radius 1 is 1.04 bits per heavy atom. The van der Waals surface area contributed by atoms with E-state index in [1.807, 2.05) is 0 Å². The van der Waals surface area contributed by atoms with Gasteiger partial charge in [0.15, 0.2) is 5.43 Å². The van der Waals surface area contributed by atoms with E-state index >= 15 is 0 Å². The minimum absolute atomic E-state index is 0.0539. The number of nitrogens with zero attached hydrogens (tertiary/aromatic N) is 1. The van der Waals surface area contributed by atoms with E-state index < -0.39 is 29.0 Å². The highest BCUT2D eigenvalue weighted by Gasteiger charge is 2.40. The molecule has 1 amide bonds. The quantitative estimate of drug-likeness (QED) is 0.689. The van der Waals surface area contributed by atoms with Gasteiger partial charge in [0, 0.05) is 7.05 Å². The van der Waals surface area contributed by atoms with Crippen LogP contribution in [0.25, 0.3) is 11.0 Å². The van der Waals surface area contributed by atoms with Crippen molar-refractivity contribution in [3.63, 3.8) is 0 Å². The third-order valence-corrected chi connectivity index (χ3v) is 4.23. The van der Waals surface area contributed by atoms with Crippen LogP contribution >= 0.6 is 0 Å². The predicted octanol–water partition coefficient (Wildman–Crippen LogP) is 3.25. The maximum absolute atomic E-state index is 13.6. The highest BCUT2D eigenvalue weighted by atomic mass is 19.1. The molecule has 1 aliphatic rings. The molecule has 0 aliphatic carbocycles. The summed E-state index contributed by atoms with van der Waals surface area (Å²) in [4.78, 5) is 26.6. The smallest absolute Gasteiger partial charge is 0.290 e. The van der Waals surface area contributed by atoms with E-state index in [0.717, 1.165) is 12.1 Å². The first-order valence-corrected chi connectivity index (χ1v) is 7.26. The van der Waals surface area contributed by atoms with Gasteiger partial charge in [-0.15, -0.1) is 0 Å². The Hall–Kier alpha value is -3.02. The molecule has 0 fully saturated rings. The van der Waals surface area contributed by atoms with Gasteiger partial charge in [-0.05, 0) is 35.9 Å². The second-order valence-electron chi connectivity index (χ2n) is 5.69. The van der Waals surface area contributed by atoms with Crippen molar-refractivity contribution >= 4 is 16.9 Å². The molecule has 24 heavy (non-hydrogen) atoms. The van der Waals surface area contributed by atoms with E-state index in [-0.39, 0.29) is 22.3 Å². The predicted molar refractivity (Wildman–Crippen MR) is 82.8 cm³/mol. The summed E-state index contributed by atoms with van der Waals surface area (Å²) in [7, 11) is 1.51. The molecule has 4 nitrogen and oxygen atoms in total. The molecule has 0 saturated heterocycles. The van der Waals surface area contributed by atoms with Crippen LogP contribution in [-0.4, -0.2) is 17.9 Å². The fraction of sp³-hybridized carbons (Fsp3) is 0.111. The highest BCUT2D eigenvalue weighted by molar-refractivity contribution is 5.98. The number of rotatable bonds is 1. The fourth-order valence-electron chi connectivity index (χ4n) is 3.13. The lowest BCUT2D eigenvalue weighted by Crippen LogP contribution is -2.25. The van der Waals surface area contributed by atoms with Crippen molar-refractivity contribution in [1.29, 1.82) is 0 Å². The second-order valence-corrected chi connectivity index (χ2v) is 5.69. The summed E-state index contributed by atoms with van der Waals surface area (Å²) in [5.41, 5.74) is 0.207. The van der Waals surface area contributed by atoms with Crippen LogP contribution in [-0.2, 0) is 0 Å². The molecule has 1 aromatic heterocycles. The van der Waals surface area contributed by atoms with Gasteiger partial charge < -0.3 is 9.32 Å². The van der Waals surface area contributed by atoms with E-state index in [1.165, 1.54) is 36.2 Å². The van der Waals surface area contributed by atoms with Gasteiger partial charge in [-0.3, -0.25) is 9.59 Å². The molecule has 2 heterocycles. The van der Waals surface area contributed by atoms with Gasteiger partial charge in [-0.25, -0.2) is 8.78 Å². The maximum atomic E-state index is 13.6. The number of halogens is 2. The largest absolute Gasteiger partial charge is 0.450 e. The van der Waals surface area contributed by atoms with Gasteiger partial charge in [-0.2, -0.15) is 0 Å². The van der Waals surface area contributed by atoms with Crippen LogP contribution in [0, 0.1) is 11.6 Å². The first-order chi connectivity index (χ1) is 11.5. The lowest BCUT2D eigenvalue weighted by atomic mass is 9.99. The summed E-state index contributed by atoms with van der Waals surface area (Å²) in [6.07, 6.45) is 0. The number of hydrogen-bond donors (Lipinski definition) is 0. The number of benzene rings is 2. The minimum atomic E-state index is -0.771. The van der Waals surface area contributed by atoms with Crippen molar-refractivity contribution in [1.82, 2.24) is 4.90 Å². The Balaban J connectivity index is 2.05. The van der Waals surface area contributed by atoms with Crippen LogP contribution in [0.2, 0.25) is 0 Å². The van der Waals surface area contributed by atoms with Gasteiger partial charge in [0.25, 0.3) is 5.91 Å². The third kappa shape index (κ3) is 1.96. The molecular weight excluding hydrogens is 316 g/mol. The Labute approximate surface area is 134 Å². The van der Waals surface area contributed by atoms with Crippen LogP contribution in [0.1, 0.15) is 27.7 Å². The Morgan fingerprint density at radius 2 is 1.79 bits per heavy atom. The van der Waals surface area contributed by atoms with Crippen LogP contribution in [0.3, 0.4) is 0 Å². The molecule has 6 heteroatoms. The Morgan fingerprint density at radius 3 is 2.54 bits per heavy atom. The molecule has 0 saturated carbocycles. The topological polar surface area (TPSA) is 50.5 Å². The van der Waals surface area contributed by atoms with Crippen molar-refractivity contribution in [2.24, 2.45) is 0 Å².